The zero-order chi connectivity index (χ0) is 14.3. The van der Waals surface area contributed by atoms with Crippen LogP contribution in [0.5, 0.6) is 11.6 Å². The van der Waals surface area contributed by atoms with Gasteiger partial charge < -0.3 is 15.6 Å². The van der Waals surface area contributed by atoms with Crippen molar-refractivity contribution >= 4 is 29.2 Å². The van der Waals surface area contributed by atoms with Crippen LogP contribution >= 0.6 is 23.2 Å². The first kappa shape index (κ1) is 13.3. The average molecular weight is 312 g/mol. The Labute approximate surface area is 125 Å². The molecule has 1 aromatic carbocycles. The second kappa shape index (κ2) is 5.00. The van der Waals surface area contributed by atoms with E-state index in [0.29, 0.717) is 34.5 Å². The van der Waals surface area contributed by atoms with Gasteiger partial charge in [0.25, 0.3) is 0 Å². The zero-order valence-corrected chi connectivity index (χ0v) is 11.8. The molecule has 2 aromatic rings. The lowest BCUT2D eigenvalue weighted by Crippen LogP contribution is -2.17. The molecule has 3 N–H and O–H groups in total. The molecule has 0 spiro atoms. The molecule has 0 bridgehead atoms. The number of ether oxygens (including phenoxy) is 1. The lowest BCUT2D eigenvalue weighted by atomic mass is 9.90. The number of halogens is 2. The minimum atomic E-state index is -0.161. The first-order chi connectivity index (χ1) is 9.54. The second-order valence-electron chi connectivity index (χ2n) is 4.50. The fourth-order valence-electron chi connectivity index (χ4n) is 2.40. The highest BCUT2D eigenvalue weighted by Crippen LogP contribution is 2.43. The van der Waals surface area contributed by atoms with Crippen LogP contribution in [0, 0.1) is 0 Å². The molecule has 20 heavy (non-hydrogen) atoms. The standard InChI is InChI=1S/C13H11Cl2N3O2/c14-6-3-8(15)12-7(1-2-20-10(12)4-6)9-5-11(19)18-13(16)17-9/h3-5,7H,1-2H2,(H3,16,17,18,19). The van der Waals surface area contributed by atoms with Gasteiger partial charge in [-0.15, -0.1) is 0 Å². The van der Waals surface area contributed by atoms with Crippen LogP contribution in [-0.2, 0) is 0 Å². The van der Waals surface area contributed by atoms with Crippen LogP contribution in [0.15, 0.2) is 18.2 Å². The van der Waals surface area contributed by atoms with Gasteiger partial charge in [-0.1, -0.05) is 23.2 Å². The highest BCUT2D eigenvalue weighted by Gasteiger charge is 2.28. The maximum atomic E-state index is 9.57. The molecule has 1 aliphatic heterocycles. The molecule has 1 aromatic heterocycles. The monoisotopic (exact) mass is 311 g/mol. The molecule has 0 saturated carbocycles. The van der Waals surface area contributed by atoms with Crippen molar-refractivity contribution in [2.45, 2.75) is 12.3 Å². The van der Waals surface area contributed by atoms with E-state index in [0.717, 1.165) is 5.56 Å². The molecule has 7 heteroatoms. The SMILES string of the molecule is Nc1nc(O)cc(C2CCOc3cc(Cl)cc(Cl)c32)n1. The molecule has 1 atom stereocenters. The smallest absolute Gasteiger partial charge is 0.223 e. The summed E-state index contributed by atoms with van der Waals surface area (Å²) >= 11 is 12.2. The average Bonchev–Trinajstić information content (AvgIpc) is 2.36. The number of nitrogens with zero attached hydrogens (tertiary/aromatic N) is 2. The van der Waals surface area contributed by atoms with Crippen LogP contribution in [0.1, 0.15) is 23.6 Å². The molecule has 0 aliphatic carbocycles. The third kappa shape index (κ3) is 2.34. The van der Waals surface area contributed by atoms with Gasteiger partial charge in [0, 0.05) is 27.6 Å². The number of aromatic hydroxyl groups is 1. The normalized spacial score (nSPS) is 17.4. The maximum absolute atomic E-state index is 9.57. The quantitative estimate of drug-likeness (QED) is 0.846. The number of fused-ring (bicyclic) bond motifs is 1. The number of nitrogen functional groups attached to an aromatic ring is 1. The largest absolute Gasteiger partial charge is 0.493 e. The fraction of sp³-hybridized carbons (Fsp3) is 0.231. The number of hydrogen-bond acceptors (Lipinski definition) is 5. The Balaban J connectivity index is 2.14. The molecule has 0 amide bonds. The van der Waals surface area contributed by atoms with E-state index in [1.807, 2.05) is 0 Å². The number of benzene rings is 1. The maximum Gasteiger partial charge on any atom is 0.223 e. The molecule has 0 radical (unpaired) electrons. The number of nitrogens with two attached hydrogens (primary N) is 1. The number of aromatic nitrogens is 2. The Kier molecular flexibility index (Phi) is 3.31. The van der Waals surface area contributed by atoms with Crippen LogP contribution in [0.2, 0.25) is 10.0 Å². The Morgan fingerprint density at radius 2 is 2.05 bits per heavy atom. The van der Waals surface area contributed by atoms with Crippen LogP contribution in [0.25, 0.3) is 0 Å². The first-order valence-corrected chi connectivity index (χ1v) is 6.75. The van der Waals surface area contributed by atoms with E-state index in [-0.39, 0.29) is 17.7 Å². The second-order valence-corrected chi connectivity index (χ2v) is 5.34. The van der Waals surface area contributed by atoms with Gasteiger partial charge in [-0.25, -0.2) is 4.98 Å². The van der Waals surface area contributed by atoms with E-state index in [2.05, 4.69) is 9.97 Å². The van der Waals surface area contributed by atoms with Crippen LogP contribution in [0.3, 0.4) is 0 Å². The van der Waals surface area contributed by atoms with Crippen LogP contribution in [0.4, 0.5) is 5.95 Å². The minimum Gasteiger partial charge on any atom is -0.493 e. The molecule has 0 fully saturated rings. The lowest BCUT2D eigenvalue weighted by molar-refractivity contribution is 0.275. The van der Waals surface area contributed by atoms with Gasteiger partial charge in [0.1, 0.15) is 5.75 Å². The molecule has 2 heterocycles. The van der Waals surface area contributed by atoms with Crippen molar-refractivity contribution in [2.24, 2.45) is 0 Å². The molecular formula is C13H11Cl2N3O2. The van der Waals surface area contributed by atoms with Crippen molar-refractivity contribution < 1.29 is 9.84 Å². The van der Waals surface area contributed by atoms with Crippen LogP contribution < -0.4 is 10.5 Å². The summed E-state index contributed by atoms with van der Waals surface area (Å²) in [7, 11) is 0. The summed E-state index contributed by atoms with van der Waals surface area (Å²) in [5.41, 5.74) is 7.00. The van der Waals surface area contributed by atoms with Gasteiger partial charge in [0.15, 0.2) is 0 Å². The van der Waals surface area contributed by atoms with Gasteiger partial charge in [-0.2, -0.15) is 4.98 Å². The summed E-state index contributed by atoms with van der Waals surface area (Å²) in [5, 5.41) is 10.6. The van der Waals surface area contributed by atoms with Gasteiger partial charge in [-0.05, 0) is 18.6 Å². The fourth-order valence-corrected chi connectivity index (χ4v) is 3.00. The van der Waals surface area contributed by atoms with E-state index < -0.39 is 0 Å². The predicted octanol–water partition coefficient (Wildman–Crippen LogP) is 2.99. The topological polar surface area (TPSA) is 81.3 Å². The highest BCUT2D eigenvalue weighted by atomic mass is 35.5. The molecular weight excluding hydrogens is 301 g/mol. The summed E-state index contributed by atoms with van der Waals surface area (Å²) in [5.74, 6) is 0.388. The summed E-state index contributed by atoms with van der Waals surface area (Å²) < 4.78 is 5.59. The van der Waals surface area contributed by atoms with Gasteiger partial charge >= 0.3 is 0 Å². The molecule has 1 unspecified atom stereocenters. The molecule has 3 rings (SSSR count). The predicted molar refractivity (Wildman–Crippen MR) is 76.5 cm³/mol. The van der Waals surface area contributed by atoms with E-state index in [1.54, 1.807) is 12.1 Å². The summed E-state index contributed by atoms with van der Waals surface area (Å²) in [6, 6.07) is 4.87. The Morgan fingerprint density at radius 1 is 1.25 bits per heavy atom. The number of hydrogen-bond donors (Lipinski definition) is 2. The van der Waals surface area contributed by atoms with Gasteiger partial charge in [0.2, 0.25) is 11.8 Å². The zero-order valence-electron chi connectivity index (χ0n) is 10.3. The lowest BCUT2D eigenvalue weighted by Gasteiger charge is -2.26. The Bertz CT molecular complexity index is 659. The summed E-state index contributed by atoms with van der Waals surface area (Å²) in [4.78, 5) is 7.84. The van der Waals surface area contributed by atoms with Crippen molar-refractivity contribution in [3.05, 3.63) is 39.5 Å². The summed E-state index contributed by atoms with van der Waals surface area (Å²) in [6.45, 7) is 0.513. The Hall–Kier alpha value is -1.72. The first-order valence-electron chi connectivity index (χ1n) is 6.00. The highest BCUT2D eigenvalue weighted by molar-refractivity contribution is 6.35. The van der Waals surface area contributed by atoms with Crippen molar-refractivity contribution in [1.82, 2.24) is 9.97 Å². The number of anilines is 1. The Morgan fingerprint density at radius 3 is 2.80 bits per heavy atom. The van der Waals surface area contributed by atoms with Crippen molar-refractivity contribution in [3.8, 4) is 11.6 Å². The molecule has 5 nitrogen and oxygen atoms in total. The van der Waals surface area contributed by atoms with Crippen molar-refractivity contribution in [1.29, 1.82) is 0 Å². The van der Waals surface area contributed by atoms with E-state index in [9.17, 15) is 5.11 Å². The molecule has 0 saturated heterocycles. The van der Waals surface area contributed by atoms with Crippen molar-refractivity contribution in [2.75, 3.05) is 12.3 Å². The number of rotatable bonds is 1. The van der Waals surface area contributed by atoms with E-state index in [1.165, 1.54) is 6.07 Å². The van der Waals surface area contributed by atoms with E-state index in [4.69, 9.17) is 33.7 Å². The van der Waals surface area contributed by atoms with Gasteiger partial charge in [-0.3, -0.25) is 0 Å². The minimum absolute atomic E-state index is 0.0260. The van der Waals surface area contributed by atoms with Crippen LogP contribution in [-0.4, -0.2) is 21.7 Å². The third-order valence-corrected chi connectivity index (χ3v) is 3.71. The van der Waals surface area contributed by atoms with Crippen molar-refractivity contribution in [3.63, 3.8) is 0 Å². The van der Waals surface area contributed by atoms with Gasteiger partial charge in [0.05, 0.1) is 12.3 Å². The van der Waals surface area contributed by atoms with E-state index >= 15 is 0 Å². The molecule has 104 valence electrons. The summed E-state index contributed by atoms with van der Waals surface area (Å²) in [6.07, 6.45) is 0.685. The molecule has 1 aliphatic rings. The third-order valence-electron chi connectivity index (χ3n) is 3.18.